The Kier molecular flexibility index (Phi) is 6.06. The molecule has 1 fully saturated rings. The standard InChI is InChI=1S/C26H28F2N2O3/c1-32-26(31)19-6-3-7-24-21(19)12-18(14-33-24)30-23(15-4-2-5-15)9-8-16-13-29-25-20(16)10-17(27)11-22(25)28/h3,6-7,10-11,13,15,18,23,29-30H,2,4-5,8-9,12,14H2,1H3. The van der Waals surface area contributed by atoms with Crippen LogP contribution in [-0.2, 0) is 17.6 Å². The highest BCUT2D eigenvalue weighted by Gasteiger charge is 2.32. The predicted octanol–water partition coefficient (Wildman–Crippen LogP) is 4.93. The van der Waals surface area contributed by atoms with Gasteiger partial charge >= 0.3 is 5.97 Å². The fourth-order valence-corrected chi connectivity index (χ4v) is 5.14. The van der Waals surface area contributed by atoms with Gasteiger partial charge in [0, 0.05) is 35.3 Å². The number of ether oxygens (including phenoxy) is 2. The van der Waals surface area contributed by atoms with Gasteiger partial charge < -0.3 is 19.8 Å². The Labute approximate surface area is 191 Å². The van der Waals surface area contributed by atoms with Crippen LogP contribution in [0.25, 0.3) is 10.9 Å². The van der Waals surface area contributed by atoms with Gasteiger partial charge in [0.15, 0.2) is 0 Å². The molecular formula is C26H28F2N2O3. The molecule has 0 saturated heterocycles. The van der Waals surface area contributed by atoms with Gasteiger partial charge in [-0.2, -0.15) is 0 Å². The van der Waals surface area contributed by atoms with Gasteiger partial charge in [-0.3, -0.25) is 0 Å². The number of fused-ring (bicyclic) bond motifs is 2. The normalized spacial score (nSPS) is 18.9. The van der Waals surface area contributed by atoms with Crippen LogP contribution in [0.1, 0.15) is 47.2 Å². The lowest BCUT2D eigenvalue weighted by atomic mass is 9.77. The average molecular weight is 455 g/mol. The van der Waals surface area contributed by atoms with Gasteiger partial charge in [-0.15, -0.1) is 0 Å². The van der Waals surface area contributed by atoms with E-state index < -0.39 is 11.6 Å². The molecule has 174 valence electrons. The van der Waals surface area contributed by atoms with Crippen LogP contribution >= 0.6 is 0 Å². The zero-order chi connectivity index (χ0) is 22.9. The van der Waals surface area contributed by atoms with E-state index in [2.05, 4.69) is 10.3 Å². The third kappa shape index (κ3) is 4.34. The lowest BCUT2D eigenvalue weighted by molar-refractivity contribution is 0.0597. The van der Waals surface area contributed by atoms with E-state index in [1.165, 1.54) is 32.4 Å². The Morgan fingerprint density at radius 2 is 2.15 bits per heavy atom. The number of carbonyl (C=O) groups is 1. The van der Waals surface area contributed by atoms with Crippen LogP contribution in [0.5, 0.6) is 5.75 Å². The van der Waals surface area contributed by atoms with Crippen LogP contribution in [0.4, 0.5) is 8.78 Å². The minimum atomic E-state index is -0.565. The van der Waals surface area contributed by atoms with E-state index in [0.717, 1.165) is 29.4 Å². The van der Waals surface area contributed by atoms with Crippen LogP contribution in [0.2, 0.25) is 0 Å². The topological polar surface area (TPSA) is 63.3 Å². The zero-order valence-corrected chi connectivity index (χ0v) is 18.6. The summed E-state index contributed by atoms with van der Waals surface area (Å²) in [5, 5.41) is 4.39. The SMILES string of the molecule is COC(=O)c1cccc2c1CC(NC(CCc1c[nH]c3c(F)cc(F)cc13)C1CCC1)CO2. The van der Waals surface area contributed by atoms with Crippen molar-refractivity contribution in [2.24, 2.45) is 5.92 Å². The number of aryl methyl sites for hydroxylation is 1. The summed E-state index contributed by atoms with van der Waals surface area (Å²) in [4.78, 5) is 15.2. The minimum absolute atomic E-state index is 0.0757. The molecule has 5 nitrogen and oxygen atoms in total. The predicted molar refractivity (Wildman–Crippen MR) is 122 cm³/mol. The van der Waals surface area contributed by atoms with Gasteiger partial charge in [0.2, 0.25) is 0 Å². The molecular weight excluding hydrogens is 426 g/mol. The van der Waals surface area contributed by atoms with Crippen molar-refractivity contribution in [3.63, 3.8) is 0 Å². The van der Waals surface area contributed by atoms with Crippen molar-refractivity contribution >= 4 is 16.9 Å². The van der Waals surface area contributed by atoms with E-state index in [9.17, 15) is 13.6 Å². The molecule has 2 atom stereocenters. The number of rotatable bonds is 7. The first-order valence-corrected chi connectivity index (χ1v) is 11.6. The summed E-state index contributed by atoms with van der Waals surface area (Å²) < 4.78 is 38.8. The monoisotopic (exact) mass is 454 g/mol. The van der Waals surface area contributed by atoms with E-state index in [1.54, 1.807) is 12.3 Å². The quantitative estimate of drug-likeness (QED) is 0.497. The van der Waals surface area contributed by atoms with Crippen molar-refractivity contribution in [1.82, 2.24) is 10.3 Å². The van der Waals surface area contributed by atoms with Crippen molar-refractivity contribution in [2.45, 2.75) is 50.6 Å². The maximum atomic E-state index is 14.1. The molecule has 1 aromatic heterocycles. The highest BCUT2D eigenvalue weighted by Crippen LogP contribution is 2.34. The molecule has 1 aliphatic carbocycles. The molecule has 0 amide bonds. The van der Waals surface area contributed by atoms with Crippen molar-refractivity contribution in [3.8, 4) is 5.75 Å². The average Bonchev–Trinajstić information content (AvgIpc) is 3.18. The van der Waals surface area contributed by atoms with Gasteiger partial charge in [-0.25, -0.2) is 13.6 Å². The summed E-state index contributed by atoms with van der Waals surface area (Å²) in [6, 6.07) is 8.12. The summed E-state index contributed by atoms with van der Waals surface area (Å²) >= 11 is 0. The minimum Gasteiger partial charge on any atom is -0.492 e. The number of benzene rings is 2. The lowest BCUT2D eigenvalue weighted by Gasteiger charge is -2.38. The van der Waals surface area contributed by atoms with Crippen molar-refractivity contribution in [1.29, 1.82) is 0 Å². The number of carbonyl (C=O) groups excluding carboxylic acids is 1. The van der Waals surface area contributed by atoms with E-state index in [0.29, 0.717) is 41.8 Å². The number of aromatic nitrogens is 1. The Hall–Kier alpha value is -2.93. The van der Waals surface area contributed by atoms with Gasteiger partial charge in [0.25, 0.3) is 0 Å². The molecule has 0 bridgehead atoms. The summed E-state index contributed by atoms with van der Waals surface area (Å²) in [6.07, 6.45) is 7.62. The van der Waals surface area contributed by atoms with E-state index in [1.807, 2.05) is 12.1 Å². The first kappa shape index (κ1) is 21.9. The van der Waals surface area contributed by atoms with Crippen molar-refractivity contribution < 1.29 is 23.0 Å². The first-order chi connectivity index (χ1) is 16.0. The number of methoxy groups -OCH3 is 1. The second-order valence-electron chi connectivity index (χ2n) is 9.11. The van der Waals surface area contributed by atoms with Crippen LogP contribution in [0.15, 0.2) is 36.5 Å². The summed E-state index contributed by atoms with van der Waals surface area (Å²) in [6.45, 7) is 0.532. The van der Waals surface area contributed by atoms with Gasteiger partial charge in [-0.1, -0.05) is 12.5 Å². The number of hydrogen-bond donors (Lipinski definition) is 2. The summed E-state index contributed by atoms with van der Waals surface area (Å²) in [5.74, 6) is -0.177. The molecule has 2 heterocycles. The first-order valence-electron chi connectivity index (χ1n) is 11.6. The molecule has 2 aromatic carbocycles. The largest absolute Gasteiger partial charge is 0.492 e. The van der Waals surface area contributed by atoms with E-state index >= 15 is 0 Å². The fourth-order valence-electron chi connectivity index (χ4n) is 5.14. The third-order valence-corrected chi connectivity index (χ3v) is 7.11. The number of nitrogens with one attached hydrogen (secondary N) is 2. The molecule has 7 heteroatoms. The molecule has 3 aromatic rings. The van der Waals surface area contributed by atoms with E-state index in [4.69, 9.17) is 9.47 Å². The molecule has 5 rings (SSSR count). The second kappa shape index (κ2) is 9.14. The number of halogens is 2. The molecule has 0 radical (unpaired) electrons. The molecule has 1 saturated carbocycles. The van der Waals surface area contributed by atoms with Crippen LogP contribution in [0.3, 0.4) is 0 Å². The molecule has 2 aliphatic rings. The Balaban J connectivity index is 1.31. The maximum absolute atomic E-state index is 14.1. The lowest BCUT2D eigenvalue weighted by Crippen LogP contribution is -2.49. The highest BCUT2D eigenvalue weighted by atomic mass is 19.1. The smallest absolute Gasteiger partial charge is 0.338 e. The third-order valence-electron chi connectivity index (χ3n) is 7.11. The molecule has 1 aliphatic heterocycles. The molecule has 33 heavy (non-hydrogen) atoms. The molecule has 2 unspecified atom stereocenters. The number of esters is 1. The Morgan fingerprint density at radius 3 is 2.91 bits per heavy atom. The van der Waals surface area contributed by atoms with Crippen molar-refractivity contribution in [2.75, 3.05) is 13.7 Å². The second-order valence-corrected chi connectivity index (χ2v) is 9.11. The fraction of sp³-hybridized carbons (Fsp3) is 0.423. The Bertz CT molecular complexity index is 1170. The number of H-pyrrole nitrogens is 1. The maximum Gasteiger partial charge on any atom is 0.338 e. The number of hydrogen-bond acceptors (Lipinski definition) is 4. The summed E-state index contributed by atoms with van der Waals surface area (Å²) in [5.41, 5.74) is 2.70. The van der Waals surface area contributed by atoms with Crippen LogP contribution < -0.4 is 10.1 Å². The van der Waals surface area contributed by atoms with E-state index in [-0.39, 0.29) is 18.1 Å². The highest BCUT2D eigenvalue weighted by molar-refractivity contribution is 5.92. The Morgan fingerprint density at radius 1 is 1.30 bits per heavy atom. The summed E-state index contributed by atoms with van der Waals surface area (Å²) in [7, 11) is 1.39. The van der Waals surface area contributed by atoms with Gasteiger partial charge in [0.1, 0.15) is 24.0 Å². The van der Waals surface area contributed by atoms with Gasteiger partial charge in [-0.05, 0) is 61.8 Å². The molecule has 0 spiro atoms. The van der Waals surface area contributed by atoms with Crippen LogP contribution in [-0.4, -0.2) is 36.8 Å². The van der Waals surface area contributed by atoms with Gasteiger partial charge in [0.05, 0.1) is 18.2 Å². The van der Waals surface area contributed by atoms with Crippen LogP contribution in [0, 0.1) is 17.6 Å². The zero-order valence-electron chi connectivity index (χ0n) is 18.6. The number of aromatic amines is 1. The molecule has 2 N–H and O–H groups in total. The van der Waals surface area contributed by atoms with Crippen molar-refractivity contribution in [3.05, 3.63) is 64.9 Å².